The molecule has 0 spiro atoms. The van der Waals surface area contributed by atoms with Crippen LogP contribution in [0.3, 0.4) is 0 Å². The highest BCUT2D eigenvalue weighted by Gasteiger charge is 2.29. The normalized spacial score (nSPS) is 35.8. The van der Waals surface area contributed by atoms with Crippen molar-refractivity contribution >= 4 is 0 Å². The number of nitrogens with one attached hydrogen (secondary N) is 1. The van der Waals surface area contributed by atoms with Crippen LogP contribution in [0, 0.1) is 5.92 Å². The minimum Gasteiger partial charge on any atom is -0.381 e. The van der Waals surface area contributed by atoms with Gasteiger partial charge in [-0.05, 0) is 58.0 Å². The molecule has 2 fully saturated rings. The van der Waals surface area contributed by atoms with E-state index in [4.69, 9.17) is 4.74 Å². The molecule has 2 aliphatic rings. The van der Waals surface area contributed by atoms with Gasteiger partial charge in [-0.2, -0.15) is 0 Å². The molecule has 1 saturated carbocycles. The molecule has 0 radical (unpaired) electrons. The number of hydrogen-bond donors (Lipinski definition) is 1. The van der Waals surface area contributed by atoms with E-state index < -0.39 is 0 Å². The summed E-state index contributed by atoms with van der Waals surface area (Å²) in [6.45, 7) is 8.45. The zero-order chi connectivity index (χ0) is 13.0. The molecular formula is C15H30N2O. The molecule has 0 aromatic heterocycles. The Hall–Kier alpha value is -0.120. The zero-order valence-corrected chi connectivity index (χ0v) is 12.3. The molecule has 106 valence electrons. The molecule has 0 aromatic rings. The fourth-order valence-corrected chi connectivity index (χ4v) is 3.60. The van der Waals surface area contributed by atoms with Gasteiger partial charge in [0.05, 0.1) is 6.10 Å². The van der Waals surface area contributed by atoms with Crippen LogP contribution in [-0.4, -0.2) is 49.8 Å². The second-order valence-corrected chi connectivity index (χ2v) is 6.12. The van der Waals surface area contributed by atoms with E-state index in [0.717, 1.165) is 5.92 Å². The van der Waals surface area contributed by atoms with Gasteiger partial charge in [0.1, 0.15) is 0 Å². The van der Waals surface area contributed by atoms with E-state index in [-0.39, 0.29) is 0 Å². The molecule has 0 amide bonds. The summed E-state index contributed by atoms with van der Waals surface area (Å²) in [6.07, 6.45) is 6.97. The molecule has 4 atom stereocenters. The average molecular weight is 254 g/mol. The van der Waals surface area contributed by atoms with Gasteiger partial charge in [-0.15, -0.1) is 0 Å². The lowest BCUT2D eigenvalue weighted by atomic mass is 9.91. The highest BCUT2D eigenvalue weighted by atomic mass is 16.5. The van der Waals surface area contributed by atoms with E-state index in [0.29, 0.717) is 18.2 Å². The Bertz CT molecular complexity index is 247. The summed E-state index contributed by atoms with van der Waals surface area (Å²) in [5.41, 5.74) is 0. The monoisotopic (exact) mass is 254 g/mol. The molecule has 1 aliphatic carbocycles. The Balaban J connectivity index is 1.75. The van der Waals surface area contributed by atoms with Crippen molar-refractivity contribution in [2.75, 3.05) is 26.7 Å². The van der Waals surface area contributed by atoms with Gasteiger partial charge in [0.25, 0.3) is 0 Å². The van der Waals surface area contributed by atoms with E-state index >= 15 is 0 Å². The van der Waals surface area contributed by atoms with Crippen LogP contribution in [0.4, 0.5) is 0 Å². The van der Waals surface area contributed by atoms with Crippen molar-refractivity contribution in [3.8, 4) is 0 Å². The summed E-state index contributed by atoms with van der Waals surface area (Å²) in [7, 11) is 1.84. The van der Waals surface area contributed by atoms with Crippen LogP contribution in [0.2, 0.25) is 0 Å². The fourth-order valence-electron chi connectivity index (χ4n) is 3.60. The summed E-state index contributed by atoms with van der Waals surface area (Å²) in [5, 5.41) is 3.85. The van der Waals surface area contributed by atoms with E-state index in [9.17, 15) is 0 Å². The van der Waals surface area contributed by atoms with Crippen molar-refractivity contribution in [1.29, 1.82) is 0 Å². The van der Waals surface area contributed by atoms with Crippen molar-refractivity contribution in [3.05, 3.63) is 0 Å². The summed E-state index contributed by atoms with van der Waals surface area (Å²) in [6, 6.07) is 1.34. The van der Waals surface area contributed by atoms with Gasteiger partial charge < -0.3 is 15.0 Å². The molecule has 2 rings (SSSR count). The van der Waals surface area contributed by atoms with Crippen molar-refractivity contribution < 1.29 is 4.74 Å². The Kier molecular flexibility index (Phi) is 5.46. The molecule has 18 heavy (non-hydrogen) atoms. The molecule has 1 aliphatic heterocycles. The molecule has 4 unspecified atom stereocenters. The Morgan fingerprint density at radius 1 is 1.33 bits per heavy atom. The van der Waals surface area contributed by atoms with Crippen molar-refractivity contribution in [1.82, 2.24) is 10.2 Å². The van der Waals surface area contributed by atoms with Gasteiger partial charge >= 0.3 is 0 Å². The second-order valence-electron chi connectivity index (χ2n) is 6.12. The van der Waals surface area contributed by atoms with Gasteiger partial charge in [-0.1, -0.05) is 6.92 Å². The maximum Gasteiger partial charge on any atom is 0.0586 e. The van der Waals surface area contributed by atoms with Gasteiger partial charge in [0.15, 0.2) is 0 Å². The maximum atomic E-state index is 5.45. The number of rotatable bonds is 5. The smallest absolute Gasteiger partial charge is 0.0586 e. The van der Waals surface area contributed by atoms with E-state index in [1.54, 1.807) is 0 Å². The summed E-state index contributed by atoms with van der Waals surface area (Å²) in [5.74, 6) is 0.834. The number of methoxy groups -OCH3 is 1. The molecule has 1 saturated heterocycles. The number of ether oxygens (including phenoxy) is 1. The first-order chi connectivity index (χ1) is 8.72. The topological polar surface area (TPSA) is 24.5 Å². The van der Waals surface area contributed by atoms with Crippen LogP contribution in [-0.2, 0) is 4.74 Å². The fraction of sp³-hybridized carbons (Fsp3) is 1.00. The van der Waals surface area contributed by atoms with E-state index in [1.165, 1.54) is 51.7 Å². The maximum absolute atomic E-state index is 5.45. The third-order valence-corrected chi connectivity index (χ3v) is 4.91. The minimum absolute atomic E-state index is 0.494. The average Bonchev–Trinajstić information content (AvgIpc) is 2.86. The Morgan fingerprint density at radius 3 is 2.83 bits per heavy atom. The molecule has 3 nitrogen and oxygen atoms in total. The van der Waals surface area contributed by atoms with Crippen LogP contribution in [0.1, 0.15) is 46.0 Å². The van der Waals surface area contributed by atoms with Crippen molar-refractivity contribution in [3.63, 3.8) is 0 Å². The van der Waals surface area contributed by atoms with Crippen LogP contribution >= 0.6 is 0 Å². The number of hydrogen-bond acceptors (Lipinski definition) is 3. The first kappa shape index (κ1) is 14.3. The minimum atomic E-state index is 0.494. The number of piperidine rings is 1. The zero-order valence-electron chi connectivity index (χ0n) is 12.3. The van der Waals surface area contributed by atoms with Crippen LogP contribution in [0.15, 0.2) is 0 Å². The number of likely N-dealkylation sites (tertiary alicyclic amines) is 1. The lowest BCUT2D eigenvalue weighted by molar-refractivity contribution is 0.105. The van der Waals surface area contributed by atoms with Crippen molar-refractivity contribution in [2.45, 2.75) is 64.1 Å². The van der Waals surface area contributed by atoms with Gasteiger partial charge in [0, 0.05) is 25.7 Å². The van der Waals surface area contributed by atoms with E-state index in [1.807, 2.05) is 7.11 Å². The second kappa shape index (κ2) is 6.88. The predicted octanol–water partition coefficient (Wildman–Crippen LogP) is 2.26. The highest BCUT2D eigenvalue weighted by molar-refractivity contribution is 4.87. The SMILES string of the molecule is CCN1CCCC(C(C)NC2CCC(OC)C2)C1. The van der Waals surface area contributed by atoms with Gasteiger partial charge in [-0.3, -0.25) is 0 Å². The third kappa shape index (κ3) is 3.69. The van der Waals surface area contributed by atoms with Crippen LogP contribution < -0.4 is 5.32 Å². The third-order valence-electron chi connectivity index (χ3n) is 4.91. The first-order valence-electron chi connectivity index (χ1n) is 7.74. The lowest BCUT2D eigenvalue weighted by Gasteiger charge is -2.36. The Labute approximate surface area is 112 Å². The van der Waals surface area contributed by atoms with Gasteiger partial charge in [0.2, 0.25) is 0 Å². The highest BCUT2D eigenvalue weighted by Crippen LogP contribution is 2.25. The Morgan fingerprint density at radius 2 is 2.17 bits per heavy atom. The molecule has 1 N–H and O–H groups in total. The van der Waals surface area contributed by atoms with Crippen LogP contribution in [0.25, 0.3) is 0 Å². The van der Waals surface area contributed by atoms with E-state index in [2.05, 4.69) is 24.1 Å². The number of nitrogens with zero attached hydrogens (tertiary/aromatic N) is 1. The largest absolute Gasteiger partial charge is 0.381 e. The summed E-state index contributed by atoms with van der Waals surface area (Å²) >= 11 is 0. The van der Waals surface area contributed by atoms with Crippen molar-refractivity contribution in [2.24, 2.45) is 5.92 Å². The standard InChI is InChI=1S/C15H30N2O/c1-4-17-9-5-6-13(11-17)12(2)16-14-7-8-15(10-14)18-3/h12-16H,4-11H2,1-3H3. The van der Waals surface area contributed by atoms with Gasteiger partial charge in [-0.25, -0.2) is 0 Å². The summed E-state index contributed by atoms with van der Waals surface area (Å²) in [4.78, 5) is 2.60. The predicted molar refractivity (Wildman–Crippen MR) is 75.9 cm³/mol. The first-order valence-corrected chi connectivity index (χ1v) is 7.74. The van der Waals surface area contributed by atoms with Crippen LogP contribution in [0.5, 0.6) is 0 Å². The molecule has 0 bridgehead atoms. The molecule has 0 aromatic carbocycles. The quantitative estimate of drug-likeness (QED) is 0.814. The molecule has 3 heteroatoms. The summed E-state index contributed by atoms with van der Waals surface area (Å²) < 4.78 is 5.45. The molecular weight excluding hydrogens is 224 g/mol. The molecule has 1 heterocycles. The lowest BCUT2D eigenvalue weighted by Crippen LogP contribution is -2.47.